The van der Waals surface area contributed by atoms with E-state index in [-0.39, 0.29) is 85.1 Å². The van der Waals surface area contributed by atoms with Crippen LogP contribution < -0.4 is 10.2 Å². The smallest absolute Gasteiger partial charge is 0 e. The van der Waals surface area contributed by atoms with Gasteiger partial charge in [-0.2, -0.15) is 0 Å². The summed E-state index contributed by atoms with van der Waals surface area (Å²) in [4.78, 5) is 8.33. The summed E-state index contributed by atoms with van der Waals surface area (Å²) in [5.41, 5.74) is 0. The second kappa shape index (κ2) is 33.3. The Kier molecular flexibility index (Phi) is 115. The summed E-state index contributed by atoms with van der Waals surface area (Å²) in [6.07, 6.45) is -2.33. The summed E-state index contributed by atoms with van der Waals surface area (Å²) in [6, 6.07) is 0. The van der Waals surface area contributed by atoms with Crippen LogP contribution in [0.2, 0.25) is 0 Å². The number of carbonyl (C=O) groups is 1. The minimum atomic E-state index is -2.33. The van der Waals surface area contributed by atoms with E-state index in [1.54, 1.807) is 0 Å². The molecule has 0 unspecified atom stereocenters. The Morgan fingerprint density at radius 2 is 1.22 bits per heavy atom. The van der Waals surface area contributed by atoms with E-state index in [0.717, 1.165) is 0 Å². The molecule has 4 nitrogen and oxygen atoms in total. The fourth-order valence-electron chi connectivity index (χ4n) is 0. The summed E-state index contributed by atoms with van der Waals surface area (Å²) in [7, 11) is 0. The Hall–Kier alpha value is 1.67. The molecule has 0 amide bonds. The van der Waals surface area contributed by atoms with E-state index in [0.29, 0.717) is 0 Å². The van der Waals surface area contributed by atoms with Gasteiger partial charge in [0.05, 0.1) is 0 Å². The maximum atomic E-state index is 8.38. The van der Waals surface area contributed by atoms with Crippen LogP contribution in [0.5, 0.6) is 0 Å². The molecule has 0 aromatic carbocycles. The van der Waals surface area contributed by atoms with E-state index >= 15 is 0 Å². The molecule has 0 bridgehead atoms. The van der Waals surface area contributed by atoms with Crippen molar-refractivity contribution in [3.8, 4) is 0 Å². The van der Waals surface area contributed by atoms with Gasteiger partial charge < -0.3 is 15.0 Å². The minimum Gasteiger partial charge on any atom is 0 e. The Labute approximate surface area is 108 Å². The molecule has 0 spiro atoms. The molecule has 0 radical (unpaired) electrons. The zero-order valence-electron chi connectivity index (χ0n) is 4.05. The van der Waals surface area contributed by atoms with Gasteiger partial charge in [-0.15, -0.1) is 0 Å². The number of hydrogen-bond donors (Lipinski definition) is 0. The van der Waals surface area contributed by atoms with Crippen molar-refractivity contribution in [2.45, 2.75) is 7.43 Å². The van der Waals surface area contributed by atoms with Crippen LogP contribution in [0, 0.1) is 0 Å². The summed E-state index contributed by atoms with van der Waals surface area (Å²) in [6.45, 7) is 0. The molecular formula is C2H4CaO4TiZn. The molecule has 0 rings (SSSR count). The van der Waals surface area contributed by atoms with E-state index < -0.39 is 6.16 Å². The predicted octanol–water partition coefficient (Wildman–Crippen LogP) is -2.32. The second-order valence-electron chi connectivity index (χ2n) is 0.250. The van der Waals surface area contributed by atoms with Crippen molar-refractivity contribution in [3.63, 3.8) is 0 Å². The van der Waals surface area contributed by atoms with E-state index in [2.05, 4.69) is 0 Å². The van der Waals surface area contributed by atoms with Crippen molar-refractivity contribution in [2.24, 2.45) is 0 Å². The molecule has 0 saturated carbocycles. The summed E-state index contributed by atoms with van der Waals surface area (Å²) < 4.78 is 8.38. The quantitative estimate of drug-likeness (QED) is 0.449. The second-order valence-corrected chi connectivity index (χ2v) is 0.250. The van der Waals surface area contributed by atoms with E-state index in [1.807, 2.05) is 0 Å². The Morgan fingerprint density at radius 1 is 1.22 bits per heavy atom. The van der Waals surface area contributed by atoms with Gasteiger partial charge in [-0.25, -0.2) is 0 Å². The van der Waals surface area contributed by atoms with Gasteiger partial charge in [-0.1, -0.05) is 7.43 Å². The molecule has 0 saturated heterocycles. The number of hydrogen-bond acceptors (Lipinski definition) is 4. The van der Waals surface area contributed by atoms with Crippen molar-refractivity contribution in [1.29, 1.82) is 0 Å². The average molecular weight is 245 g/mol. The van der Waals surface area contributed by atoms with E-state index in [4.69, 9.17) is 18.6 Å². The fraction of sp³-hybridized carbons (Fsp3) is 0.500. The van der Waals surface area contributed by atoms with Crippen LogP contribution in [0.1, 0.15) is 7.43 Å². The predicted molar refractivity (Wildman–Crippen MR) is 18.6 cm³/mol. The Morgan fingerprint density at radius 3 is 1.22 bits per heavy atom. The van der Waals surface area contributed by atoms with Crippen LogP contribution in [0.25, 0.3) is 0 Å². The zero-order chi connectivity index (χ0) is 5.58. The largest absolute Gasteiger partial charge is 0 e. The molecule has 0 aliphatic rings. The van der Waals surface area contributed by atoms with Crippen LogP contribution in [-0.4, -0.2) is 43.9 Å². The third kappa shape index (κ3) is 204. The monoisotopic (exact) mass is 244 g/mol. The summed E-state index contributed by atoms with van der Waals surface area (Å²) in [5, 5.41) is 16.7. The minimum absolute atomic E-state index is 0. The van der Waals surface area contributed by atoms with Gasteiger partial charge in [-0.05, 0) is 6.16 Å². The first-order valence-corrected chi connectivity index (χ1v) is 2.11. The first-order chi connectivity index (χ1) is 2.73. The third-order valence-corrected chi connectivity index (χ3v) is 0. The van der Waals surface area contributed by atoms with E-state index in [1.165, 1.54) is 0 Å². The molecule has 44 valence electrons. The van der Waals surface area contributed by atoms with Crippen LogP contribution in [0.15, 0.2) is 0 Å². The zero-order valence-corrected chi connectivity index (χ0v) is 10.8. The number of carbonyl (C=O) groups excluding carboxylic acids is 1. The molecule has 0 heterocycles. The summed E-state index contributed by atoms with van der Waals surface area (Å²) >= 11 is 0.125. The normalized spacial score (nSPS) is 3.33. The molecular weight excluding hydrogens is 241 g/mol. The maximum absolute atomic E-state index is 8.38. The number of rotatable bonds is 0. The topological polar surface area (TPSA) is 80.3 Å². The van der Waals surface area contributed by atoms with Gasteiger partial charge in [0.2, 0.25) is 0 Å². The molecule has 9 heavy (non-hydrogen) atoms. The van der Waals surface area contributed by atoms with Crippen molar-refractivity contribution >= 4 is 43.9 Å². The van der Waals surface area contributed by atoms with Gasteiger partial charge >= 0.3 is 59.6 Å². The van der Waals surface area contributed by atoms with Crippen molar-refractivity contribution < 1.29 is 58.6 Å². The molecule has 7 heteroatoms. The number of carboxylic acid groups (broad SMARTS) is 2. The van der Waals surface area contributed by atoms with E-state index in [9.17, 15) is 0 Å². The molecule has 0 aromatic rings. The molecule has 0 atom stereocenters. The molecule has 0 fully saturated rings. The molecule has 0 aromatic heterocycles. The van der Waals surface area contributed by atoms with Crippen LogP contribution in [-0.2, 0) is 43.5 Å². The van der Waals surface area contributed by atoms with Crippen molar-refractivity contribution in [2.75, 3.05) is 0 Å². The van der Waals surface area contributed by atoms with Crippen LogP contribution in [0.3, 0.4) is 0 Å². The first kappa shape index (κ1) is 31.0. The van der Waals surface area contributed by atoms with Gasteiger partial charge in [0.25, 0.3) is 0 Å². The summed E-state index contributed by atoms with van der Waals surface area (Å²) in [5.74, 6) is 0. The molecule has 0 aliphatic heterocycles. The van der Waals surface area contributed by atoms with Gasteiger partial charge in [0, 0.05) is 21.7 Å². The first-order valence-electron chi connectivity index (χ1n) is 0.901. The standard InChI is InChI=1S/CH2O3.CH4.Ca.O.Ti.Zn/c2-1(3)4;;;;;/h(H2,2,3,4);1H4;;;;/q;;+2;;;/p-2. The maximum Gasteiger partial charge on any atom is 0 e. The Bertz CT molecular complexity index is 49.8. The molecule has 0 N–H and O–H groups in total. The van der Waals surface area contributed by atoms with Crippen LogP contribution >= 0.6 is 0 Å². The third-order valence-electron chi connectivity index (χ3n) is 0. The van der Waals surface area contributed by atoms with Gasteiger partial charge in [-0.3, -0.25) is 0 Å². The Balaban J connectivity index is -0.00000000990. The average Bonchev–Trinajstić information content (AvgIpc) is 1.41. The van der Waals surface area contributed by atoms with Gasteiger partial charge in [0.15, 0.2) is 0 Å². The molecule has 0 aliphatic carbocycles. The SMILES string of the molecule is C.O=C([O-])[O-].[Ca+2].[O]=[Zn].[Ti]. The van der Waals surface area contributed by atoms with Crippen molar-refractivity contribution in [3.05, 3.63) is 0 Å². The van der Waals surface area contributed by atoms with Gasteiger partial charge in [0.1, 0.15) is 0 Å². The fourth-order valence-corrected chi connectivity index (χ4v) is 0. The van der Waals surface area contributed by atoms with Crippen molar-refractivity contribution in [1.82, 2.24) is 0 Å². The van der Waals surface area contributed by atoms with Crippen LogP contribution in [0.4, 0.5) is 4.79 Å².